The van der Waals surface area contributed by atoms with Crippen LogP contribution in [0.15, 0.2) is 38.8 Å². The number of sulfonamides is 2. The summed E-state index contributed by atoms with van der Waals surface area (Å²) in [7, 11) is -7.87. The van der Waals surface area contributed by atoms with Gasteiger partial charge in [0.2, 0.25) is 10.0 Å². The van der Waals surface area contributed by atoms with Crippen LogP contribution in [0, 0.1) is 23.7 Å². The fourth-order valence-corrected chi connectivity index (χ4v) is 7.77. The summed E-state index contributed by atoms with van der Waals surface area (Å²) in [5.74, 6) is 0.0900. The van der Waals surface area contributed by atoms with E-state index in [4.69, 9.17) is 0 Å². The third-order valence-electron chi connectivity index (χ3n) is 7.49. The summed E-state index contributed by atoms with van der Waals surface area (Å²) in [5, 5.41) is 14.2. The summed E-state index contributed by atoms with van der Waals surface area (Å²) in [6.07, 6.45) is 4.73. The van der Waals surface area contributed by atoms with Crippen molar-refractivity contribution in [1.29, 1.82) is 0 Å². The molecule has 3 N–H and O–H groups in total. The normalized spacial score (nSPS) is 29.1. The molecule has 10 nitrogen and oxygen atoms in total. The van der Waals surface area contributed by atoms with Crippen LogP contribution in [0.4, 0.5) is 11.4 Å². The van der Waals surface area contributed by atoms with Gasteiger partial charge in [0.1, 0.15) is 16.2 Å². The van der Waals surface area contributed by atoms with Gasteiger partial charge in [-0.25, -0.2) is 8.42 Å². The average Bonchev–Trinajstić information content (AvgIpc) is 3.35. The molecule has 4 aliphatic rings. The summed E-state index contributed by atoms with van der Waals surface area (Å²) in [4.78, 5) is 15.3. The van der Waals surface area contributed by atoms with Crippen molar-refractivity contribution >= 4 is 43.2 Å². The van der Waals surface area contributed by atoms with E-state index in [1.54, 1.807) is 0 Å². The SMILES string of the molecule is CC(C)CCN1C(=O)C(C2=NS(=O)(=O)c3cc(NS(C)(=O)=O)ccc3N2)=C(O)[C@@H]2[C@H]3CC[C@H](C3)[C@@H]21. The molecule has 0 aromatic heterocycles. The van der Waals surface area contributed by atoms with E-state index >= 15 is 0 Å². The largest absolute Gasteiger partial charge is 0.511 e. The maximum Gasteiger partial charge on any atom is 0.286 e. The lowest BCUT2D eigenvalue weighted by molar-refractivity contribution is -0.133. The Labute approximate surface area is 205 Å². The number of amidine groups is 1. The first-order valence-electron chi connectivity index (χ1n) is 11.8. The lowest BCUT2D eigenvalue weighted by atomic mass is 9.77. The third kappa shape index (κ3) is 4.20. The van der Waals surface area contributed by atoms with Crippen LogP contribution in [-0.4, -0.2) is 57.4 Å². The lowest BCUT2D eigenvalue weighted by Gasteiger charge is -2.44. The van der Waals surface area contributed by atoms with E-state index in [2.05, 4.69) is 28.3 Å². The van der Waals surface area contributed by atoms with Crippen LogP contribution in [0.5, 0.6) is 0 Å². The highest BCUT2D eigenvalue weighted by molar-refractivity contribution is 7.92. The van der Waals surface area contributed by atoms with Gasteiger partial charge in [0.25, 0.3) is 15.9 Å². The van der Waals surface area contributed by atoms with E-state index in [9.17, 15) is 26.7 Å². The van der Waals surface area contributed by atoms with Crippen molar-refractivity contribution in [3.8, 4) is 0 Å². The molecule has 2 heterocycles. The minimum atomic E-state index is -4.27. The Morgan fingerprint density at radius 2 is 1.97 bits per heavy atom. The van der Waals surface area contributed by atoms with Crippen LogP contribution in [0.2, 0.25) is 0 Å². The Kier molecular flexibility index (Phi) is 5.67. The summed E-state index contributed by atoms with van der Waals surface area (Å²) in [6.45, 7) is 4.71. The molecular weight excluding hydrogens is 492 g/mol. The first kappa shape index (κ1) is 24.1. The minimum Gasteiger partial charge on any atom is -0.511 e. The van der Waals surface area contributed by atoms with Crippen LogP contribution in [0.3, 0.4) is 0 Å². The molecule has 5 rings (SSSR count). The van der Waals surface area contributed by atoms with Gasteiger partial charge in [-0.05, 0) is 61.6 Å². The van der Waals surface area contributed by atoms with E-state index in [0.29, 0.717) is 18.4 Å². The number of amides is 1. The second kappa shape index (κ2) is 8.22. The Morgan fingerprint density at radius 3 is 2.66 bits per heavy atom. The lowest BCUT2D eigenvalue weighted by Crippen LogP contribution is -2.54. The van der Waals surface area contributed by atoms with Gasteiger partial charge in [-0.1, -0.05) is 13.8 Å². The molecule has 2 aliphatic heterocycles. The summed E-state index contributed by atoms with van der Waals surface area (Å²) >= 11 is 0. The molecule has 12 heteroatoms. The number of carbonyl (C=O) groups is 1. The zero-order valence-corrected chi connectivity index (χ0v) is 21.5. The van der Waals surface area contributed by atoms with Crippen LogP contribution in [0.25, 0.3) is 0 Å². The monoisotopic (exact) mass is 522 g/mol. The molecule has 1 aromatic carbocycles. The van der Waals surface area contributed by atoms with Gasteiger partial charge in [0.05, 0.1) is 11.9 Å². The Balaban J connectivity index is 1.55. The zero-order valence-electron chi connectivity index (χ0n) is 19.9. The molecule has 1 aromatic rings. The highest BCUT2D eigenvalue weighted by Gasteiger charge is 2.57. The van der Waals surface area contributed by atoms with Crippen molar-refractivity contribution in [3.63, 3.8) is 0 Å². The van der Waals surface area contributed by atoms with Gasteiger partial charge in [-0.3, -0.25) is 9.52 Å². The molecule has 2 bridgehead atoms. The van der Waals surface area contributed by atoms with Crippen LogP contribution < -0.4 is 10.0 Å². The molecule has 2 saturated carbocycles. The minimum absolute atomic E-state index is 0.0681. The van der Waals surface area contributed by atoms with E-state index < -0.39 is 26.0 Å². The summed E-state index contributed by atoms with van der Waals surface area (Å²) < 4.78 is 55.4. The number of rotatable bonds is 6. The molecule has 0 saturated heterocycles. The van der Waals surface area contributed by atoms with Gasteiger partial charge in [0, 0.05) is 24.2 Å². The van der Waals surface area contributed by atoms with Crippen molar-refractivity contribution in [2.24, 2.45) is 28.1 Å². The predicted molar refractivity (Wildman–Crippen MR) is 132 cm³/mol. The van der Waals surface area contributed by atoms with E-state index in [-0.39, 0.29) is 51.3 Å². The van der Waals surface area contributed by atoms with Crippen LogP contribution >= 0.6 is 0 Å². The number of carbonyl (C=O) groups excluding carboxylic acids is 1. The second-order valence-corrected chi connectivity index (χ2v) is 13.7. The number of nitrogens with one attached hydrogen (secondary N) is 2. The zero-order chi connectivity index (χ0) is 25.3. The van der Waals surface area contributed by atoms with Crippen molar-refractivity contribution in [2.75, 3.05) is 22.8 Å². The first-order chi connectivity index (χ1) is 16.4. The van der Waals surface area contributed by atoms with Crippen molar-refractivity contribution < 1.29 is 26.7 Å². The fourth-order valence-electron chi connectivity index (χ4n) is 6.06. The molecule has 2 fully saturated rings. The van der Waals surface area contributed by atoms with Crippen LogP contribution in [-0.2, 0) is 24.8 Å². The molecule has 0 spiro atoms. The number of nitrogens with zero attached hydrogens (tertiary/aromatic N) is 2. The molecule has 4 atom stereocenters. The highest BCUT2D eigenvalue weighted by atomic mass is 32.2. The van der Waals surface area contributed by atoms with Gasteiger partial charge in [-0.15, -0.1) is 4.40 Å². The average molecular weight is 523 g/mol. The first-order valence-corrected chi connectivity index (χ1v) is 15.2. The number of fused-ring (bicyclic) bond motifs is 6. The van der Waals surface area contributed by atoms with E-state index in [0.717, 1.165) is 31.9 Å². The third-order valence-corrected chi connectivity index (χ3v) is 9.41. The van der Waals surface area contributed by atoms with Gasteiger partial charge >= 0.3 is 0 Å². The van der Waals surface area contributed by atoms with E-state index in [1.807, 2.05) is 4.90 Å². The quantitative estimate of drug-likeness (QED) is 0.521. The number of hydrogen-bond donors (Lipinski definition) is 3. The molecule has 2 aliphatic carbocycles. The number of aliphatic hydroxyl groups excluding tert-OH is 1. The van der Waals surface area contributed by atoms with Crippen LogP contribution in [0.1, 0.15) is 39.5 Å². The van der Waals surface area contributed by atoms with Gasteiger partial charge < -0.3 is 15.3 Å². The van der Waals surface area contributed by atoms with Crippen molar-refractivity contribution in [3.05, 3.63) is 29.5 Å². The fraction of sp³-hybridized carbons (Fsp3) is 0.565. The molecule has 0 radical (unpaired) electrons. The molecule has 35 heavy (non-hydrogen) atoms. The van der Waals surface area contributed by atoms with Crippen molar-refractivity contribution in [2.45, 2.75) is 50.5 Å². The Hall–Kier alpha value is -2.60. The van der Waals surface area contributed by atoms with Gasteiger partial charge in [-0.2, -0.15) is 8.42 Å². The Bertz CT molecular complexity index is 1370. The standard InChI is InChI=1S/C23H30N4O6S2/c1-12(2)8-9-27-20-14-5-4-13(10-14)18(20)21(28)19(23(27)29)22-24-16-7-6-15(25-34(3,30)31)11-17(16)35(32,33)26-22/h6-7,11-14,18,20,25,28H,4-5,8-10H2,1-3H3,(H,24,26)/t13-,14+,18+,20-/m0/s1. The maximum absolute atomic E-state index is 13.7. The number of hydrogen-bond acceptors (Lipinski definition) is 7. The van der Waals surface area contributed by atoms with E-state index in [1.165, 1.54) is 18.2 Å². The molecule has 0 unspecified atom stereocenters. The number of anilines is 2. The molecule has 1 amide bonds. The Morgan fingerprint density at radius 1 is 1.26 bits per heavy atom. The predicted octanol–water partition coefficient (Wildman–Crippen LogP) is 2.69. The smallest absolute Gasteiger partial charge is 0.286 e. The highest BCUT2D eigenvalue weighted by Crippen LogP contribution is 2.55. The topological polar surface area (TPSA) is 145 Å². The number of aliphatic hydroxyl groups is 1. The van der Waals surface area contributed by atoms with Crippen molar-refractivity contribution in [1.82, 2.24) is 4.90 Å². The molecule has 190 valence electrons. The van der Waals surface area contributed by atoms with Gasteiger partial charge in [0.15, 0.2) is 5.84 Å². The summed E-state index contributed by atoms with van der Waals surface area (Å²) in [6, 6.07) is 3.94. The number of benzene rings is 1. The molecular formula is C23H30N4O6S2. The summed E-state index contributed by atoms with van der Waals surface area (Å²) in [5.41, 5.74) is 0.150. The second-order valence-electron chi connectivity index (χ2n) is 10.4. The maximum atomic E-state index is 13.7.